The molecule has 1 amide bonds. The molecule has 1 aliphatic rings. The van der Waals surface area contributed by atoms with Crippen LogP contribution in [0, 0.1) is 12.8 Å². The van der Waals surface area contributed by atoms with E-state index in [1.54, 1.807) is 19.3 Å². The Morgan fingerprint density at radius 1 is 1.18 bits per heavy atom. The highest BCUT2D eigenvalue weighted by Gasteiger charge is 2.33. The highest BCUT2D eigenvalue weighted by molar-refractivity contribution is 8.26. The second-order valence-electron chi connectivity index (χ2n) is 7.97. The lowest BCUT2D eigenvalue weighted by atomic mass is 10.1. The molecule has 174 valence electrons. The smallest absolute Gasteiger partial charge is 0.326 e. The molecular weight excluding hydrogens is 458 g/mol. The van der Waals surface area contributed by atoms with Gasteiger partial charge in [-0.15, -0.1) is 0 Å². The SMILES string of the molecule is COc1cc(/C=C2\SC(=S)N(CC(=O)OCC(C)C)C2=O)ccc1OCc1ccccc1C. The van der Waals surface area contributed by atoms with Gasteiger partial charge in [0.1, 0.15) is 17.5 Å². The first-order valence-electron chi connectivity index (χ1n) is 10.5. The van der Waals surface area contributed by atoms with E-state index >= 15 is 0 Å². The molecule has 0 aromatic heterocycles. The lowest BCUT2D eigenvalue weighted by Crippen LogP contribution is -2.34. The molecule has 0 bridgehead atoms. The first-order chi connectivity index (χ1) is 15.8. The minimum Gasteiger partial charge on any atom is -0.493 e. The number of carbonyl (C=O) groups excluding carboxylic acids is 2. The van der Waals surface area contributed by atoms with Crippen molar-refractivity contribution in [1.82, 2.24) is 4.90 Å². The van der Waals surface area contributed by atoms with Crippen LogP contribution in [0.4, 0.5) is 0 Å². The maximum absolute atomic E-state index is 12.8. The van der Waals surface area contributed by atoms with E-state index in [2.05, 4.69) is 0 Å². The standard InChI is InChI=1S/C25H27NO5S2/c1-16(2)14-31-23(27)13-26-24(28)22(33-25(26)32)12-18-9-10-20(21(11-18)29-4)30-15-19-8-6-5-7-17(19)3/h5-12,16H,13-15H2,1-4H3/b22-12-. The third-order valence-corrected chi connectivity index (χ3v) is 6.25. The molecule has 2 aromatic carbocycles. The minimum atomic E-state index is -0.474. The molecule has 1 heterocycles. The van der Waals surface area contributed by atoms with Gasteiger partial charge >= 0.3 is 5.97 Å². The Labute approximate surface area is 203 Å². The van der Waals surface area contributed by atoms with Gasteiger partial charge in [-0.05, 0) is 47.7 Å². The van der Waals surface area contributed by atoms with E-state index in [-0.39, 0.29) is 18.4 Å². The average molecular weight is 486 g/mol. The van der Waals surface area contributed by atoms with E-state index in [0.717, 1.165) is 28.5 Å². The fraction of sp³-hybridized carbons (Fsp3) is 0.320. The molecule has 1 saturated heterocycles. The number of carbonyl (C=O) groups is 2. The van der Waals surface area contributed by atoms with E-state index in [9.17, 15) is 9.59 Å². The maximum atomic E-state index is 12.8. The molecule has 6 nitrogen and oxygen atoms in total. The van der Waals surface area contributed by atoms with Crippen LogP contribution in [0.25, 0.3) is 6.08 Å². The van der Waals surface area contributed by atoms with E-state index in [1.807, 2.05) is 57.2 Å². The number of hydrogen-bond donors (Lipinski definition) is 0. The van der Waals surface area contributed by atoms with Gasteiger partial charge in [0.2, 0.25) is 0 Å². The zero-order chi connectivity index (χ0) is 24.0. The monoisotopic (exact) mass is 485 g/mol. The molecule has 1 aliphatic heterocycles. The number of rotatable bonds is 9. The summed E-state index contributed by atoms with van der Waals surface area (Å²) < 4.78 is 17.0. The summed E-state index contributed by atoms with van der Waals surface area (Å²) in [7, 11) is 1.57. The highest BCUT2D eigenvalue weighted by Crippen LogP contribution is 2.35. The molecule has 0 aliphatic carbocycles. The normalized spacial score (nSPS) is 14.8. The molecule has 1 fully saturated rings. The molecule has 8 heteroatoms. The molecule has 3 rings (SSSR count). The van der Waals surface area contributed by atoms with Crippen molar-refractivity contribution in [2.24, 2.45) is 5.92 Å². The number of methoxy groups -OCH3 is 1. The second kappa shape index (κ2) is 11.3. The van der Waals surface area contributed by atoms with Crippen molar-refractivity contribution in [2.75, 3.05) is 20.3 Å². The molecule has 0 N–H and O–H groups in total. The van der Waals surface area contributed by atoms with Crippen LogP contribution in [-0.2, 0) is 20.9 Å². The predicted molar refractivity (Wildman–Crippen MR) is 134 cm³/mol. The van der Waals surface area contributed by atoms with Crippen LogP contribution in [0.15, 0.2) is 47.4 Å². The summed E-state index contributed by atoms with van der Waals surface area (Å²) in [5, 5.41) is 0. The number of benzene rings is 2. The lowest BCUT2D eigenvalue weighted by molar-refractivity contribution is -0.147. The summed E-state index contributed by atoms with van der Waals surface area (Å²) in [4.78, 5) is 26.5. The van der Waals surface area contributed by atoms with Gasteiger partial charge in [-0.1, -0.05) is 68.2 Å². The Morgan fingerprint density at radius 2 is 1.94 bits per heavy atom. The molecule has 33 heavy (non-hydrogen) atoms. The Bertz CT molecular complexity index is 1080. The van der Waals surface area contributed by atoms with E-state index in [1.165, 1.54) is 4.90 Å². The van der Waals surface area contributed by atoms with Crippen molar-refractivity contribution in [3.8, 4) is 11.5 Å². The Hall–Kier alpha value is -2.84. The molecule has 0 atom stereocenters. The van der Waals surface area contributed by atoms with Crippen LogP contribution in [0.5, 0.6) is 11.5 Å². The number of ether oxygens (including phenoxy) is 3. The predicted octanol–water partition coefficient (Wildman–Crippen LogP) is 4.98. The summed E-state index contributed by atoms with van der Waals surface area (Å²) >= 11 is 6.46. The van der Waals surface area contributed by atoms with Gasteiger partial charge < -0.3 is 14.2 Å². The van der Waals surface area contributed by atoms with Crippen molar-refractivity contribution in [2.45, 2.75) is 27.4 Å². The molecule has 0 saturated carbocycles. The van der Waals surface area contributed by atoms with Crippen LogP contribution in [0.3, 0.4) is 0 Å². The number of aryl methyl sites for hydroxylation is 1. The van der Waals surface area contributed by atoms with Crippen LogP contribution in [-0.4, -0.2) is 41.4 Å². The van der Waals surface area contributed by atoms with Crippen molar-refractivity contribution < 1.29 is 23.8 Å². The Morgan fingerprint density at radius 3 is 2.64 bits per heavy atom. The largest absolute Gasteiger partial charge is 0.493 e. The van der Waals surface area contributed by atoms with E-state index < -0.39 is 5.97 Å². The average Bonchev–Trinajstić information content (AvgIpc) is 3.04. The number of esters is 1. The van der Waals surface area contributed by atoms with E-state index in [4.69, 9.17) is 26.4 Å². The summed E-state index contributed by atoms with van der Waals surface area (Å²) in [6.45, 7) is 6.48. The molecule has 0 radical (unpaired) electrons. The summed E-state index contributed by atoms with van der Waals surface area (Å²) in [5.41, 5.74) is 3.01. The van der Waals surface area contributed by atoms with Crippen molar-refractivity contribution in [1.29, 1.82) is 0 Å². The molecule has 2 aromatic rings. The fourth-order valence-electron chi connectivity index (χ4n) is 3.04. The van der Waals surface area contributed by atoms with Crippen LogP contribution >= 0.6 is 24.0 Å². The summed E-state index contributed by atoms with van der Waals surface area (Å²) in [6.07, 6.45) is 1.73. The minimum absolute atomic E-state index is 0.191. The topological polar surface area (TPSA) is 65.1 Å². The van der Waals surface area contributed by atoms with Crippen LogP contribution < -0.4 is 9.47 Å². The Balaban J connectivity index is 1.69. The van der Waals surface area contributed by atoms with Gasteiger partial charge in [0.15, 0.2) is 11.5 Å². The van der Waals surface area contributed by atoms with Gasteiger partial charge in [-0.25, -0.2) is 0 Å². The lowest BCUT2D eigenvalue weighted by Gasteiger charge is -2.14. The number of amides is 1. The van der Waals surface area contributed by atoms with Gasteiger partial charge in [0.05, 0.1) is 18.6 Å². The first-order valence-corrected chi connectivity index (χ1v) is 11.8. The van der Waals surface area contributed by atoms with E-state index in [0.29, 0.717) is 33.9 Å². The third-order valence-electron chi connectivity index (χ3n) is 4.87. The van der Waals surface area contributed by atoms with Crippen molar-refractivity contribution >= 4 is 46.3 Å². The van der Waals surface area contributed by atoms with Crippen molar-refractivity contribution in [3.63, 3.8) is 0 Å². The molecule has 0 unspecified atom stereocenters. The maximum Gasteiger partial charge on any atom is 0.326 e. The fourth-order valence-corrected chi connectivity index (χ4v) is 4.30. The Kier molecular flexibility index (Phi) is 8.52. The number of thiocarbonyl (C=S) groups is 1. The van der Waals surface area contributed by atoms with Crippen LogP contribution in [0.2, 0.25) is 0 Å². The van der Waals surface area contributed by atoms with Crippen molar-refractivity contribution in [3.05, 3.63) is 64.1 Å². The molecule has 0 spiro atoms. The molecular formula is C25H27NO5S2. The number of nitrogens with zero attached hydrogens (tertiary/aromatic N) is 1. The van der Waals surface area contributed by atoms with Gasteiger partial charge in [0.25, 0.3) is 5.91 Å². The van der Waals surface area contributed by atoms with Gasteiger partial charge in [-0.3, -0.25) is 14.5 Å². The number of thioether (sulfide) groups is 1. The quantitative estimate of drug-likeness (QED) is 0.282. The van der Waals surface area contributed by atoms with Gasteiger partial charge in [-0.2, -0.15) is 0 Å². The van der Waals surface area contributed by atoms with Crippen LogP contribution in [0.1, 0.15) is 30.5 Å². The second-order valence-corrected chi connectivity index (χ2v) is 9.65. The third kappa shape index (κ3) is 6.58. The number of hydrogen-bond acceptors (Lipinski definition) is 7. The first kappa shape index (κ1) is 24.8. The zero-order valence-electron chi connectivity index (χ0n) is 19.1. The summed E-state index contributed by atoms with van der Waals surface area (Å²) in [5.74, 6) is 0.602. The summed E-state index contributed by atoms with van der Waals surface area (Å²) in [6, 6.07) is 13.5. The highest BCUT2D eigenvalue weighted by atomic mass is 32.2. The van der Waals surface area contributed by atoms with Gasteiger partial charge in [0, 0.05) is 0 Å². The zero-order valence-corrected chi connectivity index (χ0v) is 20.8.